The number of sulfonamides is 1. The lowest BCUT2D eigenvalue weighted by Gasteiger charge is -2.30. The second kappa shape index (κ2) is 12.1. The van der Waals surface area contributed by atoms with Crippen LogP contribution in [0.1, 0.15) is 47.2 Å². The van der Waals surface area contributed by atoms with Gasteiger partial charge in [-0.1, -0.05) is 48.5 Å². The molecule has 1 aliphatic rings. The molecule has 1 unspecified atom stereocenters. The molecular weight excluding hydrogens is 540 g/mol. The molecule has 0 saturated carbocycles. The third-order valence-electron chi connectivity index (χ3n) is 7.41. The Kier molecular flexibility index (Phi) is 8.34. The fourth-order valence-electron chi connectivity index (χ4n) is 5.55. The first-order valence-electron chi connectivity index (χ1n) is 13.4. The van der Waals surface area contributed by atoms with Crippen LogP contribution in [-0.4, -0.2) is 41.9 Å². The van der Waals surface area contributed by atoms with Crippen molar-refractivity contribution in [2.24, 2.45) is 0 Å². The van der Waals surface area contributed by atoms with E-state index in [-0.39, 0.29) is 10.9 Å². The van der Waals surface area contributed by atoms with Crippen molar-refractivity contribution in [1.29, 1.82) is 0 Å². The summed E-state index contributed by atoms with van der Waals surface area (Å²) in [6.07, 6.45) is 7.56. The van der Waals surface area contributed by atoms with Gasteiger partial charge in [-0.05, 0) is 71.4 Å². The van der Waals surface area contributed by atoms with Gasteiger partial charge < -0.3 is 4.98 Å². The second-order valence-electron chi connectivity index (χ2n) is 10.2. The Labute approximate surface area is 238 Å². The van der Waals surface area contributed by atoms with Crippen molar-refractivity contribution in [3.05, 3.63) is 107 Å². The number of nitrogens with one attached hydrogen (secondary N) is 3. The smallest absolute Gasteiger partial charge is 0.267 e. The molecule has 1 atom stereocenters. The van der Waals surface area contributed by atoms with Gasteiger partial charge in [0.15, 0.2) is 0 Å². The maximum atomic E-state index is 12.7. The number of para-hydroxylation sites is 1. The minimum Gasteiger partial charge on any atom is -0.361 e. The number of hydroxylamine groups is 1. The Morgan fingerprint density at radius 1 is 1.10 bits per heavy atom. The summed E-state index contributed by atoms with van der Waals surface area (Å²) in [6, 6.07) is 21.1. The van der Waals surface area contributed by atoms with Crippen LogP contribution in [0.3, 0.4) is 0 Å². The predicted octanol–water partition coefficient (Wildman–Crippen LogP) is 4.24. The Hall–Kier alpha value is -4.25. The number of aryl methyl sites for hydroxylation is 1. The van der Waals surface area contributed by atoms with Crippen LogP contribution >= 0.6 is 0 Å². The molecule has 0 fully saturated rings. The zero-order valence-electron chi connectivity index (χ0n) is 22.6. The van der Waals surface area contributed by atoms with E-state index in [9.17, 15) is 18.0 Å². The van der Waals surface area contributed by atoms with Crippen molar-refractivity contribution in [3.63, 3.8) is 0 Å². The molecule has 9 nitrogen and oxygen atoms in total. The molecule has 212 valence electrons. The van der Waals surface area contributed by atoms with E-state index in [1.54, 1.807) is 23.7 Å². The maximum Gasteiger partial charge on any atom is 0.267 e. The number of carbonyl (C=O) groups excluding carboxylic acids is 2. The fraction of sp³-hybridized carbons (Fsp3) is 0.226. The first kappa shape index (κ1) is 28.3. The zero-order valence-corrected chi connectivity index (χ0v) is 23.4. The standard InChI is InChI=1S/C31H32N4O5S/c1-21(36)34-41(39,40)26-6-4-5-23(18-26)20-35(16-15-25-19-32-29-8-3-2-7-27(25)29)30-13-11-24-17-22(9-12-28(24)30)10-14-31(37)33-38/h2-10,12,14,17-19,30,32,38H,11,13,15-16,20H2,1H3,(H,33,37)(H,34,36)/b14-10+. The van der Waals surface area contributed by atoms with Crippen molar-refractivity contribution in [3.8, 4) is 0 Å². The van der Waals surface area contributed by atoms with Crippen LogP contribution in [0.25, 0.3) is 17.0 Å². The van der Waals surface area contributed by atoms with E-state index in [1.165, 1.54) is 41.1 Å². The molecule has 41 heavy (non-hydrogen) atoms. The summed E-state index contributed by atoms with van der Waals surface area (Å²) in [7, 11) is -3.95. The van der Waals surface area contributed by atoms with Gasteiger partial charge >= 0.3 is 0 Å². The Morgan fingerprint density at radius 2 is 1.93 bits per heavy atom. The van der Waals surface area contributed by atoms with Gasteiger partial charge in [0.25, 0.3) is 15.9 Å². The predicted molar refractivity (Wildman–Crippen MR) is 156 cm³/mol. The van der Waals surface area contributed by atoms with Crippen LogP contribution in [0.5, 0.6) is 0 Å². The number of nitrogens with zero attached hydrogens (tertiary/aromatic N) is 1. The highest BCUT2D eigenvalue weighted by Gasteiger charge is 2.28. The van der Waals surface area contributed by atoms with E-state index in [0.717, 1.165) is 42.5 Å². The van der Waals surface area contributed by atoms with Crippen LogP contribution in [0.4, 0.5) is 0 Å². The van der Waals surface area contributed by atoms with Crippen molar-refractivity contribution >= 4 is 38.8 Å². The molecule has 1 aliphatic carbocycles. The minimum absolute atomic E-state index is 0.0527. The summed E-state index contributed by atoms with van der Waals surface area (Å²) >= 11 is 0. The summed E-state index contributed by atoms with van der Waals surface area (Å²) in [6.45, 7) is 2.44. The van der Waals surface area contributed by atoms with Gasteiger partial charge in [-0.3, -0.25) is 19.7 Å². The normalized spacial score (nSPS) is 15.0. The number of H-pyrrole nitrogens is 1. The van der Waals surface area contributed by atoms with Gasteiger partial charge in [-0.25, -0.2) is 18.6 Å². The summed E-state index contributed by atoms with van der Waals surface area (Å²) in [5.74, 6) is -1.22. The van der Waals surface area contributed by atoms with Crippen molar-refractivity contribution in [2.45, 2.75) is 43.7 Å². The third-order valence-corrected chi connectivity index (χ3v) is 8.84. The van der Waals surface area contributed by atoms with Crippen LogP contribution < -0.4 is 10.2 Å². The van der Waals surface area contributed by atoms with E-state index in [2.05, 4.69) is 34.1 Å². The molecule has 0 bridgehead atoms. The Morgan fingerprint density at radius 3 is 2.73 bits per heavy atom. The average molecular weight is 573 g/mol. The Balaban J connectivity index is 1.43. The minimum atomic E-state index is -3.95. The molecule has 0 saturated heterocycles. The highest BCUT2D eigenvalue weighted by atomic mass is 32.2. The Bertz CT molecular complexity index is 1730. The molecule has 3 aromatic carbocycles. The van der Waals surface area contributed by atoms with E-state index in [1.807, 2.05) is 35.2 Å². The number of amides is 2. The molecule has 10 heteroatoms. The van der Waals surface area contributed by atoms with Crippen LogP contribution in [0.2, 0.25) is 0 Å². The first-order chi connectivity index (χ1) is 19.7. The number of aromatic nitrogens is 1. The van der Waals surface area contributed by atoms with Crippen molar-refractivity contribution < 1.29 is 23.2 Å². The van der Waals surface area contributed by atoms with Gasteiger partial charge in [0, 0.05) is 49.2 Å². The van der Waals surface area contributed by atoms with Crippen LogP contribution in [-0.2, 0) is 39.0 Å². The van der Waals surface area contributed by atoms with Gasteiger partial charge in [-0.2, -0.15) is 0 Å². The number of aromatic amines is 1. The molecule has 0 aliphatic heterocycles. The van der Waals surface area contributed by atoms with E-state index < -0.39 is 21.8 Å². The van der Waals surface area contributed by atoms with Crippen LogP contribution in [0, 0.1) is 0 Å². The summed E-state index contributed by atoms with van der Waals surface area (Å²) in [5.41, 5.74) is 8.00. The molecule has 1 heterocycles. The van der Waals surface area contributed by atoms with E-state index in [4.69, 9.17) is 5.21 Å². The van der Waals surface area contributed by atoms with Gasteiger partial charge in [0.1, 0.15) is 0 Å². The number of carbonyl (C=O) groups is 2. The topological polar surface area (TPSA) is 132 Å². The largest absolute Gasteiger partial charge is 0.361 e. The van der Waals surface area contributed by atoms with E-state index >= 15 is 0 Å². The lowest BCUT2D eigenvalue weighted by molar-refractivity contribution is -0.124. The van der Waals surface area contributed by atoms with Crippen molar-refractivity contribution in [1.82, 2.24) is 20.1 Å². The summed E-state index contributed by atoms with van der Waals surface area (Å²) < 4.78 is 27.4. The number of hydrogen-bond acceptors (Lipinski definition) is 6. The summed E-state index contributed by atoms with van der Waals surface area (Å²) in [5, 5.41) is 9.94. The monoisotopic (exact) mass is 572 g/mol. The molecule has 4 aromatic rings. The lowest BCUT2D eigenvalue weighted by atomic mass is 10.0. The lowest BCUT2D eigenvalue weighted by Crippen LogP contribution is -2.30. The number of fused-ring (bicyclic) bond motifs is 2. The highest BCUT2D eigenvalue weighted by Crippen LogP contribution is 2.37. The number of benzene rings is 3. The van der Waals surface area contributed by atoms with Crippen LogP contribution in [0.15, 0.2) is 83.9 Å². The highest BCUT2D eigenvalue weighted by molar-refractivity contribution is 7.90. The zero-order chi connectivity index (χ0) is 29.0. The number of rotatable bonds is 10. The van der Waals surface area contributed by atoms with Gasteiger partial charge in [0.05, 0.1) is 4.90 Å². The first-order valence-corrected chi connectivity index (χ1v) is 14.9. The molecule has 0 spiro atoms. The molecule has 4 N–H and O–H groups in total. The van der Waals surface area contributed by atoms with Crippen molar-refractivity contribution in [2.75, 3.05) is 6.54 Å². The van der Waals surface area contributed by atoms with Gasteiger partial charge in [0.2, 0.25) is 5.91 Å². The van der Waals surface area contributed by atoms with E-state index in [0.29, 0.717) is 6.54 Å². The third kappa shape index (κ3) is 6.57. The number of hydrogen-bond donors (Lipinski definition) is 4. The molecule has 1 aromatic heterocycles. The molecular formula is C31H32N4O5S. The molecule has 0 radical (unpaired) electrons. The second-order valence-corrected chi connectivity index (χ2v) is 11.9. The molecule has 2 amide bonds. The quantitative estimate of drug-likeness (QED) is 0.128. The maximum absolute atomic E-state index is 12.7. The fourth-order valence-corrected chi connectivity index (χ4v) is 6.61. The SMILES string of the molecule is CC(=O)NS(=O)(=O)c1cccc(CN(CCc2c[nH]c3ccccc23)C2CCc3cc(/C=C/C(=O)NO)ccc32)c1. The molecule has 5 rings (SSSR count). The summed E-state index contributed by atoms with van der Waals surface area (Å²) in [4.78, 5) is 28.6. The van der Waals surface area contributed by atoms with Gasteiger partial charge in [-0.15, -0.1) is 0 Å². The average Bonchev–Trinajstić information content (AvgIpc) is 3.57.